The van der Waals surface area contributed by atoms with Gasteiger partial charge in [0.1, 0.15) is 0 Å². The minimum absolute atomic E-state index is 0.209. The van der Waals surface area contributed by atoms with E-state index in [0.717, 1.165) is 24.9 Å². The molecule has 0 spiro atoms. The van der Waals surface area contributed by atoms with Crippen LogP contribution in [0.1, 0.15) is 18.4 Å². The van der Waals surface area contributed by atoms with Crippen molar-refractivity contribution in [3.63, 3.8) is 0 Å². The van der Waals surface area contributed by atoms with Crippen molar-refractivity contribution in [3.8, 4) is 0 Å². The third-order valence-corrected chi connectivity index (χ3v) is 4.71. The van der Waals surface area contributed by atoms with Crippen molar-refractivity contribution in [1.29, 1.82) is 0 Å². The maximum Gasteiger partial charge on any atom is 0.240 e. The van der Waals surface area contributed by atoms with Crippen LogP contribution in [0.2, 0.25) is 0 Å². The molecular weight excluding hydrogens is 288 g/mol. The zero-order valence-electron chi connectivity index (χ0n) is 12.0. The first kappa shape index (κ1) is 15.5. The predicted molar refractivity (Wildman–Crippen MR) is 82.2 cm³/mol. The summed E-state index contributed by atoms with van der Waals surface area (Å²) in [6.07, 6.45) is 7.01. The average molecular weight is 308 g/mol. The number of anilines is 1. The van der Waals surface area contributed by atoms with E-state index in [9.17, 15) is 8.42 Å². The van der Waals surface area contributed by atoms with Gasteiger partial charge in [-0.1, -0.05) is 6.07 Å². The number of hydrogen-bond acceptors (Lipinski definition) is 4. The van der Waals surface area contributed by atoms with Gasteiger partial charge in [-0.15, -0.1) is 0 Å². The Morgan fingerprint density at radius 1 is 1.33 bits per heavy atom. The Morgan fingerprint density at radius 3 is 2.81 bits per heavy atom. The maximum absolute atomic E-state index is 12.1. The number of nitrogens with two attached hydrogens (primary N) is 1. The van der Waals surface area contributed by atoms with Crippen molar-refractivity contribution < 1.29 is 8.42 Å². The van der Waals surface area contributed by atoms with Crippen molar-refractivity contribution in [1.82, 2.24) is 14.3 Å². The molecule has 7 heteroatoms. The molecule has 1 heterocycles. The normalized spacial score (nSPS) is 11.7. The number of imidazole rings is 1. The highest BCUT2D eigenvalue weighted by atomic mass is 32.2. The van der Waals surface area contributed by atoms with Crippen molar-refractivity contribution in [2.24, 2.45) is 0 Å². The van der Waals surface area contributed by atoms with Gasteiger partial charge in [0.15, 0.2) is 0 Å². The first-order valence-electron chi connectivity index (χ1n) is 6.80. The zero-order valence-corrected chi connectivity index (χ0v) is 12.8. The highest BCUT2D eigenvalue weighted by Crippen LogP contribution is 2.16. The van der Waals surface area contributed by atoms with Gasteiger partial charge in [0.2, 0.25) is 10.0 Å². The molecule has 0 aliphatic heterocycles. The number of sulfonamides is 1. The summed E-state index contributed by atoms with van der Waals surface area (Å²) in [5.41, 5.74) is 7.10. The molecule has 2 aromatic rings. The van der Waals surface area contributed by atoms with Gasteiger partial charge >= 0.3 is 0 Å². The second-order valence-electron chi connectivity index (χ2n) is 4.92. The molecule has 114 valence electrons. The van der Waals surface area contributed by atoms with Gasteiger partial charge in [-0.25, -0.2) is 18.1 Å². The molecule has 0 unspecified atom stereocenters. The SMILES string of the molecule is Cc1ccc(S(=O)(=O)NCCCCn2ccnc2)cc1N. The lowest BCUT2D eigenvalue weighted by Gasteiger charge is -2.08. The number of hydrogen-bond donors (Lipinski definition) is 2. The third-order valence-electron chi connectivity index (χ3n) is 3.26. The smallest absolute Gasteiger partial charge is 0.240 e. The van der Waals surface area contributed by atoms with Gasteiger partial charge in [0.25, 0.3) is 0 Å². The summed E-state index contributed by atoms with van der Waals surface area (Å²) in [4.78, 5) is 4.16. The first-order chi connectivity index (χ1) is 9.99. The number of aromatic nitrogens is 2. The topological polar surface area (TPSA) is 90.0 Å². The van der Waals surface area contributed by atoms with Crippen LogP contribution in [0.4, 0.5) is 5.69 Å². The van der Waals surface area contributed by atoms with Crippen molar-refractivity contribution in [2.45, 2.75) is 31.2 Å². The van der Waals surface area contributed by atoms with Crippen molar-refractivity contribution in [3.05, 3.63) is 42.5 Å². The van der Waals surface area contributed by atoms with E-state index < -0.39 is 10.0 Å². The molecule has 1 aromatic heterocycles. The Kier molecular flexibility index (Phi) is 4.98. The maximum atomic E-state index is 12.1. The van der Waals surface area contributed by atoms with Gasteiger partial charge in [0, 0.05) is 31.2 Å². The van der Waals surface area contributed by atoms with Gasteiger partial charge in [-0.3, -0.25) is 0 Å². The van der Waals surface area contributed by atoms with Crippen LogP contribution < -0.4 is 10.5 Å². The van der Waals surface area contributed by atoms with Gasteiger partial charge in [0.05, 0.1) is 11.2 Å². The number of unbranched alkanes of at least 4 members (excludes halogenated alkanes) is 1. The fourth-order valence-electron chi connectivity index (χ4n) is 1.91. The van der Waals surface area contributed by atoms with Crippen LogP contribution in [-0.2, 0) is 16.6 Å². The number of nitrogen functional groups attached to an aromatic ring is 1. The molecule has 0 fully saturated rings. The van der Waals surface area contributed by atoms with Crippen LogP contribution in [0.25, 0.3) is 0 Å². The van der Waals surface area contributed by atoms with Crippen molar-refractivity contribution in [2.75, 3.05) is 12.3 Å². The molecule has 0 saturated carbocycles. The molecule has 0 aliphatic carbocycles. The molecule has 2 rings (SSSR count). The Balaban J connectivity index is 1.82. The minimum atomic E-state index is -3.48. The molecule has 0 amide bonds. The molecule has 6 nitrogen and oxygen atoms in total. The lowest BCUT2D eigenvalue weighted by atomic mass is 10.2. The number of nitrogens with one attached hydrogen (secondary N) is 1. The second-order valence-corrected chi connectivity index (χ2v) is 6.69. The molecular formula is C14H20N4O2S. The fraction of sp³-hybridized carbons (Fsp3) is 0.357. The van der Waals surface area contributed by atoms with E-state index in [1.807, 2.05) is 17.7 Å². The number of nitrogens with zero attached hydrogens (tertiary/aromatic N) is 2. The van der Waals surface area contributed by atoms with E-state index in [2.05, 4.69) is 9.71 Å². The second kappa shape index (κ2) is 6.73. The summed E-state index contributed by atoms with van der Waals surface area (Å²) in [6.45, 7) is 3.08. The molecule has 3 N–H and O–H groups in total. The van der Waals surface area contributed by atoms with Crippen LogP contribution in [0.3, 0.4) is 0 Å². The van der Waals surface area contributed by atoms with E-state index in [-0.39, 0.29) is 4.90 Å². The Bertz CT molecular complexity index is 681. The van der Waals surface area contributed by atoms with E-state index in [4.69, 9.17) is 5.73 Å². The summed E-state index contributed by atoms with van der Waals surface area (Å²) < 4.78 is 28.8. The minimum Gasteiger partial charge on any atom is -0.398 e. The monoisotopic (exact) mass is 308 g/mol. The lowest BCUT2D eigenvalue weighted by Crippen LogP contribution is -2.25. The van der Waals surface area contributed by atoms with E-state index in [0.29, 0.717) is 12.2 Å². The third kappa shape index (κ3) is 4.30. The summed E-state index contributed by atoms with van der Waals surface area (Å²) in [5.74, 6) is 0. The molecule has 21 heavy (non-hydrogen) atoms. The average Bonchev–Trinajstić information content (AvgIpc) is 2.94. The fourth-order valence-corrected chi connectivity index (χ4v) is 3.02. The molecule has 0 bridgehead atoms. The van der Waals surface area contributed by atoms with Crippen LogP contribution in [0, 0.1) is 6.92 Å². The van der Waals surface area contributed by atoms with E-state index in [1.165, 1.54) is 6.07 Å². The van der Waals surface area contributed by atoms with E-state index in [1.54, 1.807) is 24.7 Å². The van der Waals surface area contributed by atoms with E-state index >= 15 is 0 Å². The number of aryl methyl sites for hydroxylation is 2. The summed E-state index contributed by atoms with van der Waals surface area (Å²) in [6, 6.07) is 4.77. The lowest BCUT2D eigenvalue weighted by molar-refractivity contribution is 0.566. The summed E-state index contributed by atoms with van der Waals surface area (Å²) >= 11 is 0. The Hall–Kier alpha value is -1.86. The molecule has 1 aromatic carbocycles. The highest BCUT2D eigenvalue weighted by molar-refractivity contribution is 7.89. The number of rotatable bonds is 7. The van der Waals surface area contributed by atoms with Gasteiger partial charge < -0.3 is 10.3 Å². The van der Waals surface area contributed by atoms with Gasteiger partial charge in [-0.05, 0) is 37.5 Å². The Morgan fingerprint density at radius 2 is 2.14 bits per heavy atom. The molecule has 0 radical (unpaired) electrons. The van der Waals surface area contributed by atoms with Crippen LogP contribution in [0.5, 0.6) is 0 Å². The van der Waals surface area contributed by atoms with Crippen LogP contribution in [0.15, 0.2) is 41.8 Å². The molecule has 0 aliphatic rings. The van der Waals surface area contributed by atoms with Crippen molar-refractivity contribution >= 4 is 15.7 Å². The van der Waals surface area contributed by atoms with Gasteiger partial charge in [-0.2, -0.15) is 0 Å². The highest BCUT2D eigenvalue weighted by Gasteiger charge is 2.13. The molecule has 0 saturated heterocycles. The zero-order chi connectivity index (χ0) is 15.3. The first-order valence-corrected chi connectivity index (χ1v) is 8.29. The van der Waals surface area contributed by atoms with Crippen LogP contribution in [-0.4, -0.2) is 24.5 Å². The molecule has 0 atom stereocenters. The van der Waals surface area contributed by atoms with Crippen LogP contribution >= 0.6 is 0 Å². The summed E-state index contributed by atoms with van der Waals surface area (Å²) in [5, 5.41) is 0. The number of benzene rings is 1. The largest absolute Gasteiger partial charge is 0.398 e. The standard InChI is InChI=1S/C14H20N4O2S/c1-12-4-5-13(10-14(12)15)21(19,20)17-6-2-3-8-18-9-7-16-11-18/h4-5,7,9-11,17H,2-3,6,8,15H2,1H3. The Labute approximate surface area is 125 Å². The predicted octanol–water partition coefficient (Wildman–Crippen LogP) is 1.53. The summed E-state index contributed by atoms with van der Waals surface area (Å²) in [7, 11) is -3.48. The quantitative estimate of drug-likeness (QED) is 0.599.